The number of rotatable bonds is 6. The summed E-state index contributed by atoms with van der Waals surface area (Å²) in [7, 11) is 0. The van der Waals surface area contributed by atoms with Crippen molar-refractivity contribution in [1.82, 2.24) is 15.5 Å². The molecule has 0 atom stereocenters. The zero-order valence-electron chi connectivity index (χ0n) is 13.3. The van der Waals surface area contributed by atoms with E-state index in [4.69, 9.17) is 0 Å². The maximum Gasteiger partial charge on any atom is 0.252 e. The number of likely N-dealkylation sites (tertiary alicyclic amines) is 1. The topological polar surface area (TPSA) is 61.4 Å². The average Bonchev–Trinajstić information content (AvgIpc) is 2.82. The van der Waals surface area contributed by atoms with Crippen molar-refractivity contribution in [2.24, 2.45) is 0 Å². The summed E-state index contributed by atoms with van der Waals surface area (Å²) >= 11 is 2.12. The second-order valence-electron chi connectivity index (χ2n) is 5.77. The van der Waals surface area contributed by atoms with Gasteiger partial charge in [-0.1, -0.05) is 25.0 Å². The van der Waals surface area contributed by atoms with Gasteiger partial charge >= 0.3 is 0 Å². The van der Waals surface area contributed by atoms with Crippen molar-refractivity contribution in [2.75, 3.05) is 32.7 Å². The summed E-state index contributed by atoms with van der Waals surface area (Å²) in [6.45, 7) is 3.79. The first-order valence-electron chi connectivity index (χ1n) is 8.18. The largest absolute Gasteiger partial charge is 0.353 e. The molecule has 0 aliphatic carbocycles. The Labute approximate surface area is 151 Å². The van der Waals surface area contributed by atoms with E-state index in [0.717, 1.165) is 23.2 Å². The summed E-state index contributed by atoms with van der Waals surface area (Å²) in [4.78, 5) is 26.3. The van der Waals surface area contributed by atoms with E-state index in [2.05, 4.69) is 38.1 Å². The van der Waals surface area contributed by atoms with Gasteiger partial charge in [-0.25, -0.2) is 0 Å². The minimum Gasteiger partial charge on any atom is -0.353 e. The monoisotopic (exact) mass is 429 g/mol. The first-order valence-corrected chi connectivity index (χ1v) is 9.26. The third-order valence-electron chi connectivity index (χ3n) is 3.98. The lowest BCUT2D eigenvalue weighted by atomic mass is 10.2. The molecule has 6 heteroatoms. The molecule has 0 spiro atoms. The highest BCUT2D eigenvalue weighted by Gasteiger charge is 2.11. The Hall–Kier alpha value is -1.15. The maximum absolute atomic E-state index is 12.0. The van der Waals surface area contributed by atoms with Crippen LogP contribution in [-0.2, 0) is 4.79 Å². The van der Waals surface area contributed by atoms with Crippen molar-refractivity contribution >= 4 is 34.4 Å². The van der Waals surface area contributed by atoms with Gasteiger partial charge in [0.05, 0.1) is 12.1 Å². The number of hydrogen-bond acceptors (Lipinski definition) is 3. The number of halogens is 1. The molecule has 1 heterocycles. The Morgan fingerprint density at radius 1 is 1.04 bits per heavy atom. The molecule has 0 unspecified atom stereocenters. The molecule has 5 nitrogen and oxygen atoms in total. The second kappa shape index (κ2) is 9.87. The highest BCUT2D eigenvalue weighted by atomic mass is 127. The van der Waals surface area contributed by atoms with Crippen LogP contribution in [-0.4, -0.2) is 49.4 Å². The fourth-order valence-electron chi connectivity index (χ4n) is 2.68. The number of nitrogens with zero attached hydrogens (tertiary/aromatic N) is 1. The first-order chi connectivity index (χ1) is 11.2. The Morgan fingerprint density at radius 3 is 2.43 bits per heavy atom. The standard InChI is InChI=1S/C17H24IN3O2/c18-15-8-4-3-7-14(15)17(23)20-13-16(22)19-9-12-21-10-5-1-2-6-11-21/h3-4,7-8H,1-2,5-6,9-13H2,(H,19,22)(H,20,23). The van der Waals surface area contributed by atoms with E-state index < -0.39 is 0 Å². The van der Waals surface area contributed by atoms with Gasteiger partial charge in [0.2, 0.25) is 5.91 Å². The van der Waals surface area contributed by atoms with E-state index in [1.165, 1.54) is 25.7 Å². The SMILES string of the molecule is O=C(CNC(=O)c1ccccc1I)NCCN1CCCCCC1. The van der Waals surface area contributed by atoms with E-state index >= 15 is 0 Å². The first kappa shape index (κ1) is 18.2. The van der Waals surface area contributed by atoms with Crippen molar-refractivity contribution in [3.8, 4) is 0 Å². The molecule has 0 radical (unpaired) electrons. The molecule has 126 valence electrons. The molecule has 1 aliphatic heterocycles. The van der Waals surface area contributed by atoms with Gasteiger partial charge in [-0.05, 0) is 60.7 Å². The Balaban J connectivity index is 1.65. The van der Waals surface area contributed by atoms with Gasteiger partial charge in [-0.2, -0.15) is 0 Å². The Morgan fingerprint density at radius 2 is 1.74 bits per heavy atom. The van der Waals surface area contributed by atoms with Gasteiger partial charge in [0, 0.05) is 16.7 Å². The van der Waals surface area contributed by atoms with Crippen LogP contribution in [0.1, 0.15) is 36.0 Å². The third kappa shape index (κ3) is 6.47. The minimum atomic E-state index is -0.210. The average molecular weight is 429 g/mol. The lowest BCUT2D eigenvalue weighted by Crippen LogP contribution is -2.40. The molecule has 0 saturated carbocycles. The quantitative estimate of drug-likeness (QED) is 0.681. The summed E-state index contributed by atoms with van der Waals surface area (Å²) < 4.78 is 0.879. The molecule has 2 amide bonds. The Bertz CT molecular complexity index is 528. The molecular weight excluding hydrogens is 405 g/mol. The lowest BCUT2D eigenvalue weighted by molar-refractivity contribution is -0.120. The zero-order chi connectivity index (χ0) is 16.5. The van der Waals surface area contributed by atoms with E-state index in [1.54, 1.807) is 6.07 Å². The van der Waals surface area contributed by atoms with Crippen LogP contribution in [0.2, 0.25) is 0 Å². The molecule has 1 fully saturated rings. The van der Waals surface area contributed by atoms with Gasteiger partial charge in [-0.15, -0.1) is 0 Å². The van der Waals surface area contributed by atoms with Crippen LogP contribution in [0, 0.1) is 3.57 Å². The van der Waals surface area contributed by atoms with E-state index in [0.29, 0.717) is 12.1 Å². The van der Waals surface area contributed by atoms with Crippen LogP contribution in [0.25, 0.3) is 0 Å². The van der Waals surface area contributed by atoms with Gasteiger partial charge in [0.25, 0.3) is 5.91 Å². The number of carbonyl (C=O) groups excluding carboxylic acids is 2. The van der Waals surface area contributed by atoms with Crippen LogP contribution in [0.3, 0.4) is 0 Å². The van der Waals surface area contributed by atoms with Crippen LogP contribution in [0.15, 0.2) is 24.3 Å². The van der Waals surface area contributed by atoms with Gasteiger partial charge in [0.1, 0.15) is 0 Å². The fraction of sp³-hybridized carbons (Fsp3) is 0.529. The summed E-state index contributed by atoms with van der Waals surface area (Å²) in [6, 6.07) is 7.33. The van der Waals surface area contributed by atoms with Crippen LogP contribution < -0.4 is 10.6 Å². The van der Waals surface area contributed by atoms with E-state index in [1.807, 2.05) is 18.2 Å². The summed E-state index contributed by atoms with van der Waals surface area (Å²) in [5.74, 6) is -0.350. The van der Waals surface area contributed by atoms with Crippen LogP contribution >= 0.6 is 22.6 Å². The molecule has 2 N–H and O–H groups in total. The normalized spacial score (nSPS) is 15.7. The van der Waals surface area contributed by atoms with Gasteiger partial charge in [-0.3, -0.25) is 9.59 Å². The number of nitrogens with one attached hydrogen (secondary N) is 2. The molecule has 23 heavy (non-hydrogen) atoms. The van der Waals surface area contributed by atoms with Crippen molar-refractivity contribution in [3.05, 3.63) is 33.4 Å². The predicted octanol–water partition coefficient (Wildman–Crippen LogP) is 2.01. The van der Waals surface area contributed by atoms with Gasteiger partial charge in [0.15, 0.2) is 0 Å². The Kier molecular flexibility index (Phi) is 7.81. The fourth-order valence-corrected chi connectivity index (χ4v) is 3.31. The minimum absolute atomic E-state index is 0.0177. The van der Waals surface area contributed by atoms with Crippen molar-refractivity contribution in [2.45, 2.75) is 25.7 Å². The molecular formula is C17H24IN3O2. The van der Waals surface area contributed by atoms with E-state index in [-0.39, 0.29) is 18.4 Å². The number of amides is 2. The number of benzene rings is 1. The molecule has 0 bridgehead atoms. The second-order valence-corrected chi connectivity index (χ2v) is 6.93. The summed E-state index contributed by atoms with van der Waals surface area (Å²) in [5.41, 5.74) is 0.602. The zero-order valence-corrected chi connectivity index (χ0v) is 15.5. The molecule has 1 aromatic rings. The van der Waals surface area contributed by atoms with Crippen LogP contribution in [0.5, 0.6) is 0 Å². The molecule has 1 aromatic carbocycles. The molecule has 2 rings (SSSR count). The van der Waals surface area contributed by atoms with Crippen molar-refractivity contribution < 1.29 is 9.59 Å². The lowest BCUT2D eigenvalue weighted by Gasteiger charge is -2.19. The van der Waals surface area contributed by atoms with Crippen molar-refractivity contribution in [1.29, 1.82) is 0 Å². The predicted molar refractivity (Wildman–Crippen MR) is 99.4 cm³/mol. The molecule has 0 aromatic heterocycles. The summed E-state index contributed by atoms with van der Waals surface area (Å²) in [6.07, 6.45) is 5.12. The van der Waals surface area contributed by atoms with Gasteiger partial charge < -0.3 is 15.5 Å². The number of carbonyl (C=O) groups is 2. The third-order valence-corrected chi connectivity index (χ3v) is 4.92. The highest BCUT2D eigenvalue weighted by molar-refractivity contribution is 14.1. The number of hydrogen-bond donors (Lipinski definition) is 2. The maximum atomic E-state index is 12.0. The highest BCUT2D eigenvalue weighted by Crippen LogP contribution is 2.11. The van der Waals surface area contributed by atoms with Crippen molar-refractivity contribution in [3.63, 3.8) is 0 Å². The smallest absolute Gasteiger partial charge is 0.252 e. The van der Waals surface area contributed by atoms with E-state index in [9.17, 15) is 9.59 Å². The molecule has 1 aliphatic rings. The van der Waals surface area contributed by atoms with Crippen LogP contribution in [0.4, 0.5) is 0 Å². The molecule has 1 saturated heterocycles. The summed E-state index contributed by atoms with van der Waals surface area (Å²) in [5, 5.41) is 5.54.